The van der Waals surface area contributed by atoms with Gasteiger partial charge in [-0.15, -0.1) is 0 Å². The molecule has 1 heterocycles. The molecule has 2 amide bonds. The molecule has 0 bridgehead atoms. The average Bonchev–Trinajstić information content (AvgIpc) is 2.80. The molecule has 0 radical (unpaired) electrons. The molecular weight excluding hydrogens is 300 g/mol. The highest BCUT2D eigenvalue weighted by molar-refractivity contribution is 6.23. The van der Waals surface area contributed by atoms with Crippen molar-refractivity contribution in [1.29, 1.82) is 0 Å². The Labute approximate surface area is 142 Å². The fraction of sp³-hybridized carbons (Fsp3) is 0.300. The third-order valence-electron chi connectivity index (χ3n) is 4.47. The van der Waals surface area contributed by atoms with Crippen LogP contribution in [0.3, 0.4) is 0 Å². The van der Waals surface area contributed by atoms with Gasteiger partial charge >= 0.3 is 0 Å². The summed E-state index contributed by atoms with van der Waals surface area (Å²) in [5.74, 6) is -0.342. The normalized spacial score (nSPS) is 17.5. The third-order valence-corrected chi connectivity index (χ3v) is 4.47. The molecule has 1 N–H and O–H groups in total. The summed E-state index contributed by atoms with van der Waals surface area (Å²) in [6, 6.07) is 11.4. The van der Waals surface area contributed by atoms with Gasteiger partial charge in [0.25, 0.3) is 5.91 Å². The van der Waals surface area contributed by atoms with Crippen LogP contribution in [0, 0.1) is 27.7 Å². The number of hydrogen-bond acceptors (Lipinski definition) is 3. The minimum Gasteiger partial charge on any atom is -0.373 e. The topological polar surface area (TPSA) is 49.4 Å². The summed E-state index contributed by atoms with van der Waals surface area (Å²) in [7, 11) is 0. The second-order valence-electron chi connectivity index (χ2n) is 6.58. The maximum Gasteiger partial charge on any atom is 0.256 e. The standard InChI is InChI=1S/C20H22N2O2/c1-12-5-7-14(3)16(9-12)21-17-11-19(23)22(20(17)24)18-10-13(2)6-8-15(18)4/h5-10,17,21H,11H2,1-4H3/t17-/m1/s1. The van der Waals surface area contributed by atoms with Crippen LogP contribution >= 0.6 is 0 Å². The Morgan fingerprint density at radius 3 is 2.25 bits per heavy atom. The van der Waals surface area contributed by atoms with Crippen LogP contribution in [0.15, 0.2) is 36.4 Å². The fourth-order valence-electron chi connectivity index (χ4n) is 3.04. The summed E-state index contributed by atoms with van der Waals surface area (Å²) in [6.45, 7) is 7.88. The molecule has 1 aliphatic rings. The molecular formula is C20H22N2O2. The van der Waals surface area contributed by atoms with E-state index < -0.39 is 6.04 Å². The first kappa shape index (κ1) is 16.2. The minimum absolute atomic E-state index is 0.156. The van der Waals surface area contributed by atoms with Gasteiger partial charge < -0.3 is 5.32 Å². The SMILES string of the molecule is Cc1ccc(C)c(N[C@@H]2CC(=O)N(c3cc(C)ccc3C)C2=O)c1. The predicted octanol–water partition coefficient (Wildman–Crippen LogP) is 3.66. The highest BCUT2D eigenvalue weighted by Gasteiger charge is 2.40. The molecule has 4 heteroatoms. The summed E-state index contributed by atoms with van der Waals surface area (Å²) in [5, 5.41) is 3.25. The van der Waals surface area contributed by atoms with Crippen molar-refractivity contribution in [1.82, 2.24) is 0 Å². The molecule has 0 spiro atoms. The molecule has 4 nitrogen and oxygen atoms in total. The number of aryl methyl sites for hydroxylation is 4. The average molecular weight is 322 g/mol. The number of hydrogen-bond donors (Lipinski definition) is 1. The van der Waals surface area contributed by atoms with Crippen LogP contribution in [0.25, 0.3) is 0 Å². The number of nitrogens with zero attached hydrogens (tertiary/aromatic N) is 1. The molecule has 3 rings (SSSR count). The monoisotopic (exact) mass is 322 g/mol. The lowest BCUT2D eigenvalue weighted by molar-refractivity contribution is -0.121. The number of anilines is 2. The molecule has 2 aromatic carbocycles. The van der Waals surface area contributed by atoms with Crippen LogP contribution in [0.4, 0.5) is 11.4 Å². The lowest BCUT2D eigenvalue weighted by Crippen LogP contribution is -2.35. The maximum atomic E-state index is 12.8. The molecule has 0 unspecified atom stereocenters. The number of carbonyl (C=O) groups is 2. The van der Waals surface area contributed by atoms with Crippen LogP contribution in [-0.2, 0) is 9.59 Å². The van der Waals surface area contributed by atoms with Crippen molar-refractivity contribution < 1.29 is 9.59 Å². The van der Waals surface area contributed by atoms with Crippen molar-refractivity contribution in [2.24, 2.45) is 0 Å². The molecule has 24 heavy (non-hydrogen) atoms. The fourth-order valence-corrected chi connectivity index (χ4v) is 3.04. The van der Waals surface area contributed by atoms with E-state index in [1.807, 2.05) is 64.1 Å². The first-order valence-corrected chi connectivity index (χ1v) is 8.14. The molecule has 1 fully saturated rings. The summed E-state index contributed by atoms with van der Waals surface area (Å²) in [6.07, 6.45) is 0.180. The molecule has 124 valence electrons. The smallest absolute Gasteiger partial charge is 0.256 e. The Bertz CT molecular complexity index is 826. The van der Waals surface area contributed by atoms with E-state index in [9.17, 15) is 9.59 Å². The maximum absolute atomic E-state index is 12.8. The Kier molecular flexibility index (Phi) is 4.14. The second-order valence-corrected chi connectivity index (χ2v) is 6.58. The van der Waals surface area contributed by atoms with Crippen molar-refractivity contribution in [3.05, 3.63) is 58.7 Å². The zero-order chi connectivity index (χ0) is 17.4. The van der Waals surface area contributed by atoms with Gasteiger partial charge in [-0.05, 0) is 62.1 Å². The number of benzene rings is 2. The number of nitrogens with one attached hydrogen (secondary N) is 1. The van der Waals surface area contributed by atoms with E-state index in [2.05, 4.69) is 5.32 Å². The van der Waals surface area contributed by atoms with E-state index >= 15 is 0 Å². The Morgan fingerprint density at radius 2 is 1.54 bits per heavy atom. The minimum atomic E-state index is -0.516. The van der Waals surface area contributed by atoms with Crippen LogP contribution in [0.1, 0.15) is 28.7 Å². The van der Waals surface area contributed by atoms with E-state index in [1.165, 1.54) is 4.90 Å². The van der Waals surface area contributed by atoms with Gasteiger partial charge in [0.1, 0.15) is 6.04 Å². The number of carbonyl (C=O) groups excluding carboxylic acids is 2. The van der Waals surface area contributed by atoms with Crippen molar-refractivity contribution in [2.75, 3.05) is 10.2 Å². The number of amides is 2. The van der Waals surface area contributed by atoms with Gasteiger partial charge in [-0.1, -0.05) is 24.3 Å². The lowest BCUT2D eigenvalue weighted by Gasteiger charge is -2.19. The quantitative estimate of drug-likeness (QED) is 0.877. The van der Waals surface area contributed by atoms with Gasteiger partial charge in [0.05, 0.1) is 12.1 Å². The number of rotatable bonds is 3. The Balaban J connectivity index is 1.89. The van der Waals surface area contributed by atoms with E-state index in [1.54, 1.807) is 0 Å². The molecule has 1 saturated heterocycles. The van der Waals surface area contributed by atoms with Crippen molar-refractivity contribution in [2.45, 2.75) is 40.2 Å². The lowest BCUT2D eigenvalue weighted by atomic mass is 10.1. The van der Waals surface area contributed by atoms with Crippen molar-refractivity contribution in [3.63, 3.8) is 0 Å². The van der Waals surface area contributed by atoms with Crippen LogP contribution in [-0.4, -0.2) is 17.9 Å². The van der Waals surface area contributed by atoms with Crippen molar-refractivity contribution >= 4 is 23.2 Å². The number of imide groups is 1. The summed E-state index contributed by atoms with van der Waals surface area (Å²) < 4.78 is 0. The molecule has 1 atom stereocenters. The molecule has 0 saturated carbocycles. The molecule has 0 aliphatic carbocycles. The van der Waals surface area contributed by atoms with E-state index in [4.69, 9.17) is 0 Å². The van der Waals surface area contributed by atoms with Gasteiger partial charge in [0, 0.05) is 5.69 Å². The Hall–Kier alpha value is -2.62. The zero-order valence-corrected chi connectivity index (χ0v) is 14.5. The zero-order valence-electron chi connectivity index (χ0n) is 14.5. The largest absolute Gasteiger partial charge is 0.373 e. The van der Waals surface area contributed by atoms with Gasteiger partial charge in [-0.2, -0.15) is 0 Å². The van der Waals surface area contributed by atoms with Crippen LogP contribution < -0.4 is 10.2 Å². The summed E-state index contributed by atoms with van der Waals surface area (Å²) >= 11 is 0. The van der Waals surface area contributed by atoms with Crippen molar-refractivity contribution in [3.8, 4) is 0 Å². The predicted molar refractivity (Wildman–Crippen MR) is 96.4 cm³/mol. The molecule has 0 aromatic heterocycles. The molecule has 1 aliphatic heterocycles. The Morgan fingerprint density at radius 1 is 0.917 bits per heavy atom. The van der Waals surface area contributed by atoms with Gasteiger partial charge in [-0.25, -0.2) is 4.90 Å². The first-order valence-electron chi connectivity index (χ1n) is 8.14. The summed E-state index contributed by atoms with van der Waals surface area (Å²) in [5.41, 5.74) is 5.73. The summed E-state index contributed by atoms with van der Waals surface area (Å²) in [4.78, 5) is 26.6. The van der Waals surface area contributed by atoms with E-state index in [-0.39, 0.29) is 18.2 Å². The van der Waals surface area contributed by atoms with Crippen LogP contribution in [0.5, 0.6) is 0 Å². The van der Waals surface area contributed by atoms with Gasteiger partial charge in [0.15, 0.2) is 0 Å². The highest BCUT2D eigenvalue weighted by atomic mass is 16.2. The third kappa shape index (κ3) is 2.92. The van der Waals surface area contributed by atoms with E-state index in [0.29, 0.717) is 5.69 Å². The van der Waals surface area contributed by atoms with E-state index in [0.717, 1.165) is 27.9 Å². The van der Waals surface area contributed by atoms with Gasteiger partial charge in [-0.3, -0.25) is 9.59 Å². The second kappa shape index (κ2) is 6.11. The van der Waals surface area contributed by atoms with Crippen LogP contribution in [0.2, 0.25) is 0 Å². The van der Waals surface area contributed by atoms with Gasteiger partial charge in [0.2, 0.25) is 5.91 Å². The first-order chi connectivity index (χ1) is 11.4. The highest BCUT2D eigenvalue weighted by Crippen LogP contribution is 2.29. The molecule has 2 aromatic rings.